The summed E-state index contributed by atoms with van der Waals surface area (Å²) in [5, 5.41) is 3.29. The third kappa shape index (κ3) is 8.46. The monoisotopic (exact) mass is 617 g/mol. The summed E-state index contributed by atoms with van der Waals surface area (Å²) in [4.78, 5) is 29.7. The van der Waals surface area contributed by atoms with Gasteiger partial charge in [0.05, 0.1) is 10.6 Å². The van der Waals surface area contributed by atoms with Crippen molar-refractivity contribution in [3.05, 3.63) is 131 Å². The first-order chi connectivity index (χ1) is 20.5. The van der Waals surface area contributed by atoms with Gasteiger partial charge in [0.2, 0.25) is 11.8 Å². The number of hydrogen-bond donors (Lipinski definition) is 1. The molecule has 0 bridgehead atoms. The first-order valence-corrected chi connectivity index (χ1v) is 15.9. The van der Waals surface area contributed by atoms with Gasteiger partial charge >= 0.3 is 0 Å². The minimum Gasteiger partial charge on any atom is -0.352 e. The largest absolute Gasteiger partial charge is 0.352 e. The number of sulfonamides is 1. The Morgan fingerprint density at radius 3 is 2.07 bits per heavy atom. The summed E-state index contributed by atoms with van der Waals surface area (Å²) >= 11 is 6.27. The molecule has 0 saturated carbocycles. The second-order valence-electron chi connectivity index (χ2n) is 10.7. The fraction of sp³-hybridized carbons (Fsp3) is 0.235. The average molecular weight is 618 g/mol. The van der Waals surface area contributed by atoms with Crippen molar-refractivity contribution >= 4 is 39.1 Å². The fourth-order valence-corrected chi connectivity index (χ4v) is 6.43. The molecule has 4 aromatic rings. The number of nitrogens with zero attached hydrogens (tertiary/aromatic N) is 2. The number of carbonyl (C=O) groups is 2. The zero-order chi connectivity index (χ0) is 31.0. The van der Waals surface area contributed by atoms with E-state index >= 15 is 0 Å². The zero-order valence-electron chi connectivity index (χ0n) is 24.5. The Morgan fingerprint density at radius 1 is 0.814 bits per heavy atom. The van der Waals surface area contributed by atoms with Crippen LogP contribution in [0.1, 0.15) is 30.5 Å². The van der Waals surface area contributed by atoms with Crippen LogP contribution in [0.25, 0.3) is 0 Å². The maximum Gasteiger partial charge on any atom is 0.264 e. The number of rotatable bonds is 12. The lowest BCUT2D eigenvalue weighted by molar-refractivity contribution is -0.140. The van der Waals surface area contributed by atoms with Gasteiger partial charge in [0.15, 0.2) is 0 Å². The van der Waals surface area contributed by atoms with Crippen LogP contribution in [-0.2, 0) is 32.6 Å². The van der Waals surface area contributed by atoms with Crippen LogP contribution in [-0.4, -0.2) is 43.8 Å². The summed E-state index contributed by atoms with van der Waals surface area (Å²) in [7, 11) is -4.18. The van der Waals surface area contributed by atoms with Gasteiger partial charge in [0.1, 0.15) is 12.6 Å². The normalized spacial score (nSPS) is 12.0. The van der Waals surface area contributed by atoms with Gasteiger partial charge in [0, 0.05) is 24.0 Å². The lowest BCUT2D eigenvalue weighted by Crippen LogP contribution is -2.54. The number of anilines is 1. The summed E-state index contributed by atoms with van der Waals surface area (Å²) in [6.45, 7) is 5.24. The number of benzene rings is 4. The van der Waals surface area contributed by atoms with Gasteiger partial charge < -0.3 is 10.2 Å². The molecule has 0 saturated heterocycles. The Bertz CT molecular complexity index is 1650. The third-order valence-electron chi connectivity index (χ3n) is 6.84. The molecule has 43 heavy (non-hydrogen) atoms. The van der Waals surface area contributed by atoms with Gasteiger partial charge in [-0.3, -0.25) is 13.9 Å². The third-order valence-corrected chi connectivity index (χ3v) is 8.87. The van der Waals surface area contributed by atoms with E-state index in [4.69, 9.17) is 11.6 Å². The minimum atomic E-state index is -4.18. The predicted octanol–water partition coefficient (Wildman–Crippen LogP) is 6.01. The van der Waals surface area contributed by atoms with Crippen LogP contribution in [0.4, 0.5) is 5.69 Å². The van der Waals surface area contributed by atoms with Crippen molar-refractivity contribution in [1.82, 2.24) is 10.2 Å². The van der Waals surface area contributed by atoms with Gasteiger partial charge in [-0.1, -0.05) is 96.0 Å². The van der Waals surface area contributed by atoms with Crippen LogP contribution in [0.3, 0.4) is 0 Å². The van der Waals surface area contributed by atoms with Crippen molar-refractivity contribution in [2.24, 2.45) is 0 Å². The van der Waals surface area contributed by atoms with Crippen LogP contribution < -0.4 is 9.62 Å². The summed E-state index contributed by atoms with van der Waals surface area (Å²) in [5.41, 5.74) is 2.94. The molecule has 0 radical (unpaired) electrons. The molecular weight excluding hydrogens is 582 g/mol. The number of halogens is 1. The molecule has 0 aliphatic carbocycles. The molecule has 1 atom stereocenters. The molecule has 0 heterocycles. The average Bonchev–Trinajstić information content (AvgIpc) is 2.98. The van der Waals surface area contributed by atoms with E-state index in [1.807, 2.05) is 75.4 Å². The molecule has 0 spiro atoms. The molecule has 1 N–H and O–H groups in total. The maximum absolute atomic E-state index is 14.4. The Morgan fingerprint density at radius 2 is 1.44 bits per heavy atom. The Hall–Kier alpha value is -4.14. The van der Waals surface area contributed by atoms with Crippen LogP contribution >= 0.6 is 11.6 Å². The molecule has 224 valence electrons. The van der Waals surface area contributed by atoms with Gasteiger partial charge in [0.25, 0.3) is 10.0 Å². The van der Waals surface area contributed by atoms with Crippen LogP contribution in [0.5, 0.6) is 0 Å². The molecule has 4 rings (SSSR count). The van der Waals surface area contributed by atoms with Crippen LogP contribution in [0, 0.1) is 6.92 Å². The van der Waals surface area contributed by atoms with E-state index in [0.717, 1.165) is 21.0 Å². The van der Waals surface area contributed by atoms with E-state index in [1.54, 1.807) is 36.4 Å². The summed E-state index contributed by atoms with van der Waals surface area (Å²) in [6.07, 6.45) is 0.250. The number of nitrogens with one attached hydrogen (secondary N) is 1. The van der Waals surface area contributed by atoms with E-state index in [1.165, 1.54) is 23.1 Å². The molecule has 0 aromatic heterocycles. The molecule has 9 heteroatoms. The Kier molecular flexibility index (Phi) is 10.6. The van der Waals surface area contributed by atoms with E-state index in [0.29, 0.717) is 5.02 Å². The molecule has 4 aromatic carbocycles. The van der Waals surface area contributed by atoms with Crippen molar-refractivity contribution in [1.29, 1.82) is 0 Å². The smallest absolute Gasteiger partial charge is 0.264 e. The predicted molar refractivity (Wildman–Crippen MR) is 171 cm³/mol. The standard InChI is InChI=1S/C34H36ClN3O4S/c1-25(2)36-34(40)32(21-27-13-6-4-7-14-27)37(23-28-15-10-12-26(3)20-28)33(39)24-38(30-17-11-16-29(35)22-30)43(41,42)31-18-8-5-9-19-31/h4-20,22,25,32H,21,23-24H2,1-3H3,(H,36,40)/t32-/m1/s1. The van der Waals surface area contributed by atoms with Crippen molar-refractivity contribution in [2.75, 3.05) is 10.8 Å². The SMILES string of the molecule is Cc1cccc(CN(C(=O)CN(c2cccc(Cl)c2)S(=O)(=O)c2ccccc2)[C@H](Cc2ccccc2)C(=O)NC(C)C)c1. The number of carbonyl (C=O) groups excluding carboxylic acids is 2. The van der Waals surface area contributed by atoms with Gasteiger partial charge in [-0.15, -0.1) is 0 Å². The summed E-state index contributed by atoms with van der Waals surface area (Å²) in [5.74, 6) is -0.846. The van der Waals surface area contributed by atoms with Gasteiger partial charge in [-0.25, -0.2) is 8.42 Å². The van der Waals surface area contributed by atoms with Crippen molar-refractivity contribution < 1.29 is 18.0 Å². The molecule has 0 fully saturated rings. The van der Waals surface area contributed by atoms with Crippen molar-refractivity contribution in [3.8, 4) is 0 Å². The number of aryl methyl sites for hydroxylation is 1. The highest BCUT2D eigenvalue weighted by Crippen LogP contribution is 2.27. The zero-order valence-corrected chi connectivity index (χ0v) is 26.1. The van der Waals surface area contributed by atoms with E-state index < -0.39 is 28.5 Å². The minimum absolute atomic E-state index is 0.0337. The van der Waals surface area contributed by atoms with Crippen molar-refractivity contribution in [3.63, 3.8) is 0 Å². The Labute approximate surface area is 259 Å². The molecule has 7 nitrogen and oxygen atoms in total. The summed E-state index contributed by atoms with van der Waals surface area (Å²) in [6, 6.07) is 30.4. The van der Waals surface area contributed by atoms with Crippen LogP contribution in [0.15, 0.2) is 114 Å². The number of amides is 2. The van der Waals surface area contributed by atoms with E-state index in [9.17, 15) is 18.0 Å². The number of hydrogen-bond acceptors (Lipinski definition) is 4. The van der Waals surface area contributed by atoms with Gasteiger partial charge in [-0.2, -0.15) is 0 Å². The molecule has 0 unspecified atom stereocenters. The lowest BCUT2D eigenvalue weighted by Gasteiger charge is -2.34. The fourth-order valence-electron chi connectivity index (χ4n) is 4.82. The second-order valence-corrected chi connectivity index (χ2v) is 13.0. The topological polar surface area (TPSA) is 86.8 Å². The highest BCUT2D eigenvalue weighted by Gasteiger charge is 2.34. The summed E-state index contributed by atoms with van der Waals surface area (Å²) < 4.78 is 29.0. The van der Waals surface area contributed by atoms with E-state index in [-0.39, 0.29) is 35.5 Å². The lowest BCUT2D eigenvalue weighted by atomic mass is 10.0. The highest BCUT2D eigenvalue weighted by atomic mass is 35.5. The van der Waals surface area contributed by atoms with Crippen molar-refractivity contribution in [2.45, 2.75) is 50.7 Å². The first-order valence-electron chi connectivity index (χ1n) is 14.1. The highest BCUT2D eigenvalue weighted by molar-refractivity contribution is 7.92. The molecular formula is C34H36ClN3O4S. The first kappa shape index (κ1) is 31.8. The molecule has 2 amide bonds. The molecule has 0 aliphatic rings. The molecule has 0 aliphatic heterocycles. The van der Waals surface area contributed by atoms with Crippen LogP contribution in [0.2, 0.25) is 5.02 Å². The quantitative estimate of drug-likeness (QED) is 0.211. The van der Waals surface area contributed by atoms with E-state index in [2.05, 4.69) is 5.32 Å². The maximum atomic E-state index is 14.4. The van der Waals surface area contributed by atoms with Gasteiger partial charge in [-0.05, 0) is 62.2 Å². The Balaban J connectivity index is 1.80. The second kappa shape index (κ2) is 14.4.